The standard InChI is InChI=1S/C20H21FN4O2S/c21-16-6-8-17(9-7-16)25-19(18(26)15-4-2-1-3-5-15)22-24(20(25)28)14-23-10-12-27-13-11-23/h1-9,18,26H,10-14H2. The van der Waals surface area contributed by atoms with E-state index < -0.39 is 6.10 Å². The Morgan fingerprint density at radius 2 is 1.75 bits per heavy atom. The Hall–Kier alpha value is -2.39. The highest BCUT2D eigenvalue weighted by Crippen LogP contribution is 2.24. The molecule has 1 fully saturated rings. The predicted molar refractivity (Wildman–Crippen MR) is 105 cm³/mol. The fourth-order valence-electron chi connectivity index (χ4n) is 3.24. The van der Waals surface area contributed by atoms with E-state index in [4.69, 9.17) is 17.0 Å². The highest BCUT2D eigenvalue weighted by molar-refractivity contribution is 7.71. The topological polar surface area (TPSA) is 55.5 Å². The number of nitrogens with zero attached hydrogens (tertiary/aromatic N) is 4. The first kappa shape index (κ1) is 18.9. The number of hydrogen-bond acceptors (Lipinski definition) is 5. The van der Waals surface area contributed by atoms with Gasteiger partial charge in [0.1, 0.15) is 11.9 Å². The van der Waals surface area contributed by atoms with Gasteiger partial charge in [0.15, 0.2) is 5.82 Å². The molecular formula is C20H21FN4O2S. The number of benzene rings is 2. The summed E-state index contributed by atoms with van der Waals surface area (Å²) >= 11 is 5.67. The highest BCUT2D eigenvalue weighted by atomic mass is 32.1. The largest absolute Gasteiger partial charge is 0.380 e. The van der Waals surface area contributed by atoms with Gasteiger partial charge in [-0.3, -0.25) is 9.47 Å². The van der Waals surface area contributed by atoms with E-state index in [9.17, 15) is 9.50 Å². The summed E-state index contributed by atoms with van der Waals surface area (Å²) < 4.78 is 22.7. The molecule has 1 aromatic heterocycles. The zero-order valence-corrected chi connectivity index (χ0v) is 16.1. The van der Waals surface area contributed by atoms with Crippen LogP contribution >= 0.6 is 12.2 Å². The zero-order valence-electron chi connectivity index (χ0n) is 15.2. The maximum Gasteiger partial charge on any atom is 0.203 e. The summed E-state index contributed by atoms with van der Waals surface area (Å²) in [5.41, 5.74) is 1.37. The second-order valence-electron chi connectivity index (χ2n) is 6.64. The van der Waals surface area contributed by atoms with Crippen LogP contribution in [-0.2, 0) is 11.4 Å². The normalized spacial score (nSPS) is 16.2. The van der Waals surface area contributed by atoms with Crippen LogP contribution in [0.3, 0.4) is 0 Å². The minimum atomic E-state index is -0.959. The first-order valence-corrected chi connectivity index (χ1v) is 9.53. The molecule has 0 spiro atoms. The number of rotatable bonds is 5. The van der Waals surface area contributed by atoms with Crippen LogP contribution in [-0.4, -0.2) is 50.7 Å². The van der Waals surface area contributed by atoms with E-state index in [1.165, 1.54) is 12.1 Å². The van der Waals surface area contributed by atoms with Crippen molar-refractivity contribution in [2.45, 2.75) is 12.8 Å². The Balaban J connectivity index is 1.77. The van der Waals surface area contributed by atoms with Crippen molar-refractivity contribution in [1.82, 2.24) is 19.2 Å². The molecule has 0 bridgehead atoms. The van der Waals surface area contributed by atoms with Crippen LogP contribution in [0.4, 0.5) is 4.39 Å². The first-order chi connectivity index (χ1) is 13.6. The van der Waals surface area contributed by atoms with E-state index in [0.717, 1.165) is 13.1 Å². The van der Waals surface area contributed by atoms with Gasteiger partial charge in [0.05, 0.1) is 19.9 Å². The Kier molecular flexibility index (Phi) is 5.63. The molecule has 4 rings (SSSR count). The van der Waals surface area contributed by atoms with Crippen molar-refractivity contribution in [1.29, 1.82) is 0 Å². The number of ether oxygens (including phenoxy) is 1. The van der Waals surface area contributed by atoms with Crippen molar-refractivity contribution in [3.8, 4) is 5.69 Å². The lowest BCUT2D eigenvalue weighted by Crippen LogP contribution is -2.37. The van der Waals surface area contributed by atoms with Crippen LogP contribution in [0.5, 0.6) is 0 Å². The van der Waals surface area contributed by atoms with E-state index in [1.54, 1.807) is 21.4 Å². The quantitative estimate of drug-likeness (QED) is 0.668. The maximum absolute atomic E-state index is 13.4. The van der Waals surface area contributed by atoms with Crippen molar-refractivity contribution >= 4 is 12.2 Å². The van der Waals surface area contributed by atoms with Crippen molar-refractivity contribution in [3.63, 3.8) is 0 Å². The van der Waals surface area contributed by atoms with Crippen molar-refractivity contribution < 1.29 is 14.2 Å². The molecule has 1 aliphatic rings. The van der Waals surface area contributed by atoms with Crippen molar-refractivity contribution in [2.75, 3.05) is 26.3 Å². The molecule has 28 heavy (non-hydrogen) atoms. The monoisotopic (exact) mass is 400 g/mol. The number of aliphatic hydroxyl groups is 1. The average molecular weight is 400 g/mol. The molecule has 8 heteroatoms. The third-order valence-electron chi connectivity index (χ3n) is 4.75. The summed E-state index contributed by atoms with van der Waals surface area (Å²) in [6.45, 7) is 3.44. The Bertz CT molecular complexity index is 982. The Labute approximate surface area is 167 Å². The molecule has 0 radical (unpaired) electrons. The van der Waals surface area contributed by atoms with Crippen molar-refractivity contribution in [2.24, 2.45) is 0 Å². The molecule has 1 unspecified atom stereocenters. The number of aromatic nitrogens is 3. The molecule has 1 atom stereocenters. The van der Waals surface area contributed by atoms with Crippen molar-refractivity contribution in [3.05, 3.63) is 76.6 Å². The minimum absolute atomic E-state index is 0.332. The summed E-state index contributed by atoms with van der Waals surface area (Å²) in [5.74, 6) is 0.0669. The number of aliphatic hydroxyl groups excluding tert-OH is 1. The van der Waals surface area contributed by atoms with Crippen LogP contribution in [0.2, 0.25) is 0 Å². The van der Waals surface area contributed by atoms with E-state index in [0.29, 0.717) is 41.7 Å². The SMILES string of the molecule is OC(c1ccccc1)c1nn(CN2CCOCC2)c(=S)n1-c1ccc(F)cc1. The van der Waals surface area contributed by atoms with Crippen LogP contribution in [0, 0.1) is 10.6 Å². The zero-order chi connectivity index (χ0) is 19.5. The molecule has 6 nitrogen and oxygen atoms in total. The molecule has 0 saturated carbocycles. The van der Waals surface area contributed by atoms with Gasteiger partial charge in [0, 0.05) is 18.8 Å². The summed E-state index contributed by atoms with van der Waals surface area (Å²) in [6, 6.07) is 15.3. The molecule has 0 amide bonds. The van der Waals surface area contributed by atoms with Gasteiger partial charge in [-0.1, -0.05) is 30.3 Å². The lowest BCUT2D eigenvalue weighted by molar-refractivity contribution is 0.0208. The summed E-state index contributed by atoms with van der Waals surface area (Å²) in [4.78, 5) is 2.19. The first-order valence-electron chi connectivity index (χ1n) is 9.12. The molecule has 0 aliphatic carbocycles. The van der Waals surface area contributed by atoms with E-state index in [2.05, 4.69) is 10.00 Å². The molecule has 2 aromatic carbocycles. The lowest BCUT2D eigenvalue weighted by Gasteiger charge is -2.26. The van der Waals surface area contributed by atoms with Crippen LogP contribution in [0.1, 0.15) is 17.5 Å². The van der Waals surface area contributed by atoms with Gasteiger partial charge >= 0.3 is 0 Å². The third kappa shape index (κ3) is 3.90. The van der Waals surface area contributed by atoms with Gasteiger partial charge in [0.25, 0.3) is 0 Å². The Morgan fingerprint density at radius 3 is 2.43 bits per heavy atom. The van der Waals surface area contributed by atoms with Gasteiger partial charge in [-0.2, -0.15) is 5.10 Å². The summed E-state index contributed by atoms with van der Waals surface area (Å²) in [6.07, 6.45) is -0.959. The summed E-state index contributed by atoms with van der Waals surface area (Å²) in [7, 11) is 0. The third-order valence-corrected chi connectivity index (χ3v) is 5.14. The molecular weight excluding hydrogens is 379 g/mol. The smallest absolute Gasteiger partial charge is 0.203 e. The van der Waals surface area contributed by atoms with Crippen LogP contribution in [0.15, 0.2) is 54.6 Å². The molecule has 2 heterocycles. The molecule has 1 aliphatic heterocycles. The van der Waals surface area contributed by atoms with E-state index in [-0.39, 0.29) is 5.82 Å². The fourth-order valence-corrected chi connectivity index (χ4v) is 3.54. The van der Waals surface area contributed by atoms with Gasteiger partial charge in [-0.25, -0.2) is 9.07 Å². The Morgan fingerprint density at radius 1 is 1.07 bits per heavy atom. The van der Waals surface area contributed by atoms with E-state index >= 15 is 0 Å². The number of halogens is 1. The average Bonchev–Trinajstić information content (AvgIpc) is 3.05. The number of morpholine rings is 1. The van der Waals surface area contributed by atoms with Crippen LogP contribution in [0.25, 0.3) is 5.69 Å². The van der Waals surface area contributed by atoms with Gasteiger partial charge in [-0.05, 0) is 42.0 Å². The van der Waals surface area contributed by atoms with Gasteiger partial charge in [0.2, 0.25) is 4.77 Å². The molecule has 3 aromatic rings. The second-order valence-corrected chi connectivity index (χ2v) is 7.00. The minimum Gasteiger partial charge on any atom is -0.380 e. The maximum atomic E-state index is 13.4. The second kappa shape index (κ2) is 8.32. The number of hydrogen-bond donors (Lipinski definition) is 1. The van der Waals surface area contributed by atoms with Gasteiger partial charge in [-0.15, -0.1) is 0 Å². The van der Waals surface area contributed by atoms with Gasteiger partial charge < -0.3 is 9.84 Å². The predicted octanol–water partition coefficient (Wildman–Crippen LogP) is 2.91. The highest BCUT2D eigenvalue weighted by Gasteiger charge is 2.22. The lowest BCUT2D eigenvalue weighted by atomic mass is 10.1. The van der Waals surface area contributed by atoms with E-state index in [1.807, 2.05) is 30.3 Å². The molecule has 1 N–H and O–H groups in total. The fraction of sp³-hybridized carbons (Fsp3) is 0.300. The van der Waals surface area contributed by atoms with Crippen LogP contribution < -0.4 is 0 Å². The summed E-state index contributed by atoms with van der Waals surface area (Å²) in [5, 5.41) is 15.6. The molecule has 1 saturated heterocycles. The molecule has 146 valence electrons.